The number of carbonyl (C=O) groups excluding carboxylic acids is 1. The molecular formula is C16H19N3O3S2. The Hall–Kier alpha value is -1.80. The number of ether oxygens (including phenoxy) is 2. The van der Waals surface area contributed by atoms with Crippen LogP contribution in [0.1, 0.15) is 31.1 Å². The molecule has 128 valence electrons. The van der Waals surface area contributed by atoms with Gasteiger partial charge in [0.25, 0.3) is 0 Å². The van der Waals surface area contributed by atoms with E-state index in [9.17, 15) is 4.79 Å². The first-order valence-corrected chi connectivity index (χ1v) is 9.38. The minimum Gasteiger partial charge on any atom is -0.486 e. The van der Waals surface area contributed by atoms with E-state index >= 15 is 0 Å². The van der Waals surface area contributed by atoms with E-state index in [2.05, 4.69) is 36.3 Å². The molecule has 8 heteroatoms. The van der Waals surface area contributed by atoms with Gasteiger partial charge in [-0.2, -0.15) is 0 Å². The summed E-state index contributed by atoms with van der Waals surface area (Å²) >= 11 is 2.84. The predicted molar refractivity (Wildman–Crippen MR) is 95.8 cm³/mol. The van der Waals surface area contributed by atoms with Gasteiger partial charge in [0, 0.05) is 11.1 Å². The first-order chi connectivity index (χ1) is 11.4. The summed E-state index contributed by atoms with van der Waals surface area (Å²) in [5.41, 5.74) is 0.548. The van der Waals surface area contributed by atoms with Crippen LogP contribution < -0.4 is 14.8 Å². The Morgan fingerprint density at radius 2 is 2.00 bits per heavy atom. The zero-order chi connectivity index (χ0) is 17.2. The third-order valence-corrected chi connectivity index (χ3v) is 5.05. The van der Waals surface area contributed by atoms with E-state index < -0.39 is 0 Å². The van der Waals surface area contributed by atoms with Gasteiger partial charge in [-0.3, -0.25) is 4.79 Å². The maximum absolute atomic E-state index is 12.4. The highest BCUT2D eigenvalue weighted by molar-refractivity contribution is 8.01. The lowest BCUT2D eigenvalue weighted by atomic mass is 10.1. The Morgan fingerprint density at radius 1 is 1.25 bits per heavy atom. The van der Waals surface area contributed by atoms with Crippen LogP contribution in [-0.4, -0.2) is 40.5 Å². The Morgan fingerprint density at radius 3 is 2.75 bits per heavy atom. The maximum atomic E-state index is 12.4. The number of anilines is 1. The number of hydrogen-bond acceptors (Lipinski definition) is 8. The highest BCUT2D eigenvalue weighted by atomic mass is 32.2. The molecule has 0 bridgehead atoms. The normalized spacial score (nSPS) is 13.6. The van der Waals surface area contributed by atoms with Crippen LogP contribution in [0.5, 0.6) is 11.5 Å². The SMILES string of the molecule is CC(C)(C)Nc1nnc(SCC(=O)c2ccc3c(c2)OCCO3)s1. The lowest BCUT2D eigenvalue weighted by molar-refractivity contribution is 0.102. The Bertz CT molecular complexity index is 740. The van der Waals surface area contributed by atoms with Gasteiger partial charge >= 0.3 is 0 Å². The number of ketones is 1. The van der Waals surface area contributed by atoms with E-state index in [1.54, 1.807) is 18.2 Å². The molecule has 0 aliphatic carbocycles. The number of nitrogens with one attached hydrogen (secondary N) is 1. The molecule has 2 heterocycles. The fourth-order valence-electron chi connectivity index (χ4n) is 2.07. The van der Waals surface area contributed by atoms with Crippen LogP contribution in [0.15, 0.2) is 22.5 Å². The Kier molecular flexibility index (Phi) is 4.96. The summed E-state index contributed by atoms with van der Waals surface area (Å²) in [4.78, 5) is 12.4. The van der Waals surface area contributed by atoms with Crippen molar-refractivity contribution in [3.63, 3.8) is 0 Å². The van der Waals surface area contributed by atoms with Crippen molar-refractivity contribution in [1.82, 2.24) is 10.2 Å². The molecule has 0 radical (unpaired) electrons. The van der Waals surface area contributed by atoms with Crippen LogP contribution in [0.3, 0.4) is 0 Å². The van der Waals surface area contributed by atoms with Crippen LogP contribution in [0, 0.1) is 0 Å². The molecule has 6 nitrogen and oxygen atoms in total. The topological polar surface area (TPSA) is 73.3 Å². The predicted octanol–water partition coefficient (Wildman–Crippen LogP) is 3.49. The lowest BCUT2D eigenvalue weighted by Crippen LogP contribution is -2.25. The quantitative estimate of drug-likeness (QED) is 0.642. The minimum atomic E-state index is -0.0670. The number of rotatable bonds is 5. The fourth-order valence-corrected chi connectivity index (χ4v) is 3.92. The number of hydrogen-bond donors (Lipinski definition) is 1. The van der Waals surface area contributed by atoms with Crippen LogP contribution in [0.4, 0.5) is 5.13 Å². The lowest BCUT2D eigenvalue weighted by Gasteiger charge is -2.18. The summed E-state index contributed by atoms with van der Waals surface area (Å²) in [7, 11) is 0. The Balaban J connectivity index is 1.59. The van der Waals surface area contributed by atoms with Crippen molar-refractivity contribution >= 4 is 34.0 Å². The van der Waals surface area contributed by atoms with Crippen molar-refractivity contribution in [1.29, 1.82) is 0 Å². The minimum absolute atomic E-state index is 0.0255. The summed E-state index contributed by atoms with van der Waals surface area (Å²) in [5, 5.41) is 12.2. The first kappa shape index (κ1) is 17.0. The van der Waals surface area contributed by atoms with E-state index in [-0.39, 0.29) is 11.3 Å². The van der Waals surface area contributed by atoms with E-state index in [1.165, 1.54) is 23.1 Å². The third-order valence-electron chi connectivity index (χ3n) is 3.08. The second kappa shape index (κ2) is 6.98. The highest BCUT2D eigenvalue weighted by Crippen LogP contribution is 2.32. The largest absolute Gasteiger partial charge is 0.486 e. The van der Waals surface area contributed by atoms with Gasteiger partial charge in [-0.1, -0.05) is 23.1 Å². The van der Waals surface area contributed by atoms with E-state index in [4.69, 9.17) is 9.47 Å². The molecule has 0 saturated heterocycles. The molecule has 1 N–H and O–H groups in total. The number of thioether (sulfide) groups is 1. The molecule has 3 rings (SSSR count). The summed E-state index contributed by atoms with van der Waals surface area (Å²) in [5.74, 6) is 1.65. The van der Waals surface area contributed by atoms with Crippen LogP contribution in [0.25, 0.3) is 0 Å². The molecule has 0 spiro atoms. The van der Waals surface area contributed by atoms with Gasteiger partial charge in [-0.15, -0.1) is 10.2 Å². The molecule has 1 aliphatic heterocycles. The molecule has 1 aromatic carbocycles. The van der Waals surface area contributed by atoms with Crippen molar-refractivity contribution in [3.8, 4) is 11.5 Å². The van der Waals surface area contributed by atoms with Crippen LogP contribution >= 0.6 is 23.1 Å². The monoisotopic (exact) mass is 365 g/mol. The number of Topliss-reactive ketones (excluding diaryl/α,β-unsaturated/α-hetero) is 1. The fraction of sp³-hybridized carbons (Fsp3) is 0.438. The molecule has 0 amide bonds. The van der Waals surface area contributed by atoms with E-state index in [0.29, 0.717) is 36.0 Å². The Labute approximate surface area is 149 Å². The van der Waals surface area contributed by atoms with Crippen LogP contribution in [-0.2, 0) is 0 Å². The summed E-state index contributed by atoms with van der Waals surface area (Å²) in [6.07, 6.45) is 0. The molecule has 0 saturated carbocycles. The standard InChI is InChI=1S/C16H19N3O3S2/c1-16(2,3)17-14-18-19-15(24-14)23-9-11(20)10-4-5-12-13(8-10)22-7-6-21-12/h4-5,8H,6-7,9H2,1-3H3,(H,17,18). The number of fused-ring (bicyclic) bond motifs is 1. The second-order valence-electron chi connectivity index (χ2n) is 6.32. The average Bonchev–Trinajstić information content (AvgIpc) is 2.97. The smallest absolute Gasteiger partial charge is 0.206 e. The number of aromatic nitrogens is 2. The second-order valence-corrected chi connectivity index (χ2v) is 8.52. The van der Waals surface area contributed by atoms with Gasteiger partial charge in [0.1, 0.15) is 13.2 Å². The van der Waals surface area contributed by atoms with Gasteiger partial charge in [-0.05, 0) is 39.0 Å². The molecule has 1 aromatic heterocycles. The van der Waals surface area contributed by atoms with Gasteiger partial charge in [-0.25, -0.2) is 0 Å². The third kappa shape index (κ3) is 4.39. The van der Waals surface area contributed by atoms with Crippen molar-refractivity contribution in [3.05, 3.63) is 23.8 Å². The number of nitrogens with zero attached hydrogens (tertiary/aromatic N) is 2. The number of benzene rings is 1. The van der Waals surface area contributed by atoms with Crippen LogP contribution in [0.2, 0.25) is 0 Å². The first-order valence-electron chi connectivity index (χ1n) is 7.58. The zero-order valence-electron chi connectivity index (χ0n) is 13.8. The van der Waals surface area contributed by atoms with Crippen molar-refractivity contribution in [2.24, 2.45) is 0 Å². The summed E-state index contributed by atoms with van der Waals surface area (Å²) < 4.78 is 11.8. The van der Waals surface area contributed by atoms with E-state index in [0.717, 1.165) is 9.47 Å². The summed E-state index contributed by atoms with van der Waals surface area (Å²) in [6, 6.07) is 5.29. The molecule has 0 atom stereocenters. The van der Waals surface area contributed by atoms with Crippen molar-refractivity contribution in [2.75, 3.05) is 24.3 Å². The van der Waals surface area contributed by atoms with E-state index in [1.807, 2.05) is 0 Å². The van der Waals surface area contributed by atoms with Gasteiger partial charge in [0.05, 0.1) is 5.75 Å². The number of carbonyl (C=O) groups is 1. The molecule has 24 heavy (non-hydrogen) atoms. The maximum Gasteiger partial charge on any atom is 0.206 e. The van der Waals surface area contributed by atoms with Gasteiger partial charge in [0.2, 0.25) is 5.13 Å². The average molecular weight is 365 g/mol. The van der Waals surface area contributed by atoms with Gasteiger partial charge < -0.3 is 14.8 Å². The molecular weight excluding hydrogens is 346 g/mol. The molecule has 1 aliphatic rings. The molecule has 0 fully saturated rings. The zero-order valence-corrected chi connectivity index (χ0v) is 15.4. The van der Waals surface area contributed by atoms with Crippen molar-refractivity contribution in [2.45, 2.75) is 30.6 Å². The van der Waals surface area contributed by atoms with Gasteiger partial charge in [0.15, 0.2) is 21.6 Å². The highest BCUT2D eigenvalue weighted by Gasteiger charge is 2.17. The molecule has 0 unspecified atom stereocenters. The van der Waals surface area contributed by atoms with Crippen molar-refractivity contribution < 1.29 is 14.3 Å². The summed E-state index contributed by atoms with van der Waals surface area (Å²) in [6.45, 7) is 7.23. The molecule has 2 aromatic rings.